The first-order valence-electron chi connectivity index (χ1n) is 10.3. The van der Waals surface area contributed by atoms with Gasteiger partial charge in [-0.05, 0) is 49.2 Å². The van der Waals surface area contributed by atoms with Gasteiger partial charge in [-0.25, -0.2) is 4.68 Å². The summed E-state index contributed by atoms with van der Waals surface area (Å²) in [5, 5.41) is 14.0. The summed E-state index contributed by atoms with van der Waals surface area (Å²) in [6, 6.07) is 17.2. The Kier molecular flexibility index (Phi) is 8.48. The number of hydrogen-bond donors (Lipinski definition) is 3. The average Bonchev–Trinajstić information content (AvgIpc) is 3.32. The largest absolute Gasteiger partial charge is 0.357 e. The summed E-state index contributed by atoms with van der Waals surface area (Å²) >= 11 is 6.06. The second-order valence-electron chi connectivity index (χ2n) is 6.79. The Bertz CT molecular complexity index is 986. The molecule has 0 aliphatic heterocycles. The number of nitrogens with one attached hydrogen (secondary N) is 3. The fourth-order valence-electron chi connectivity index (χ4n) is 2.97. The van der Waals surface area contributed by atoms with Crippen molar-refractivity contribution in [3.05, 3.63) is 83.1 Å². The molecule has 31 heavy (non-hydrogen) atoms. The molecule has 0 fully saturated rings. The maximum Gasteiger partial charge on any atom is 0.252 e. The minimum absolute atomic E-state index is 0.187. The Morgan fingerprint density at radius 1 is 1.03 bits per heavy atom. The van der Waals surface area contributed by atoms with E-state index in [2.05, 4.69) is 50.3 Å². The van der Waals surface area contributed by atoms with Gasteiger partial charge in [-0.3, -0.25) is 9.79 Å². The van der Waals surface area contributed by atoms with Crippen molar-refractivity contribution < 1.29 is 4.79 Å². The maximum atomic E-state index is 12.2. The van der Waals surface area contributed by atoms with E-state index in [1.165, 1.54) is 5.56 Å². The standard InChI is InChI=1S/C23H27ClN6O/c1-2-25-23(28-16-15-26-22(31)20-6-3-4-7-21(20)24)27-14-12-18-8-10-19(11-9-18)30-17-5-13-29-30/h3-11,13,17H,2,12,14-16H2,1H3,(H,26,31)(H2,25,27,28). The molecule has 3 aromatic rings. The molecular weight excluding hydrogens is 412 g/mol. The summed E-state index contributed by atoms with van der Waals surface area (Å²) in [4.78, 5) is 16.8. The maximum absolute atomic E-state index is 12.2. The molecule has 0 spiro atoms. The van der Waals surface area contributed by atoms with Crippen LogP contribution in [0.15, 0.2) is 72.0 Å². The molecule has 3 N–H and O–H groups in total. The number of carbonyl (C=O) groups is 1. The lowest BCUT2D eigenvalue weighted by Gasteiger charge is -2.12. The van der Waals surface area contributed by atoms with E-state index in [1.54, 1.807) is 30.5 Å². The summed E-state index contributed by atoms with van der Waals surface area (Å²) in [7, 11) is 0. The summed E-state index contributed by atoms with van der Waals surface area (Å²) < 4.78 is 1.83. The van der Waals surface area contributed by atoms with Gasteiger partial charge in [-0.2, -0.15) is 5.10 Å². The first-order valence-corrected chi connectivity index (χ1v) is 10.7. The zero-order valence-corrected chi connectivity index (χ0v) is 18.3. The molecule has 1 heterocycles. The topological polar surface area (TPSA) is 83.3 Å². The SMILES string of the molecule is CCNC(=NCCc1ccc(-n2cccn2)cc1)NCCNC(=O)c1ccccc1Cl. The van der Waals surface area contributed by atoms with Crippen molar-refractivity contribution in [3.8, 4) is 5.69 Å². The molecule has 0 bridgehead atoms. The second kappa shape index (κ2) is 11.8. The summed E-state index contributed by atoms with van der Waals surface area (Å²) in [5.41, 5.74) is 2.72. The van der Waals surface area contributed by atoms with Gasteiger partial charge in [0.15, 0.2) is 5.96 Å². The number of carbonyl (C=O) groups excluding carboxylic acids is 1. The number of aromatic nitrogens is 2. The lowest BCUT2D eigenvalue weighted by molar-refractivity contribution is 0.0954. The fourth-order valence-corrected chi connectivity index (χ4v) is 3.19. The number of nitrogens with zero attached hydrogens (tertiary/aromatic N) is 3. The highest BCUT2D eigenvalue weighted by atomic mass is 35.5. The van der Waals surface area contributed by atoms with Gasteiger partial charge in [-0.15, -0.1) is 0 Å². The van der Waals surface area contributed by atoms with E-state index in [0.29, 0.717) is 30.2 Å². The van der Waals surface area contributed by atoms with Crippen molar-refractivity contribution in [1.82, 2.24) is 25.7 Å². The lowest BCUT2D eigenvalue weighted by atomic mass is 10.1. The highest BCUT2D eigenvalue weighted by molar-refractivity contribution is 6.33. The van der Waals surface area contributed by atoms with Gasteiger partial charge in [0.05, 0.1) is 16.3 Å². The zero-order chi connectivity index (χ0) is 21.9. The summed E-state index contributed by atoms with van der Waals surface area (Å²) in [5.74, 6) is 0.538. The Labute approximate surface area is 187 Å². The van der Waals surface area contributed by atoms with Crippen molar-refractivity contribution in [2.24, 2.45) is 4.99 Å². The van der Waals surface area contributed by atoms with Crippen molar-refractivity contribution in [2.75, 3.05) is 26.2 Å². The third kappa shape index (κ3) is 6.86. The van der Waals surface area contributed by atoms with Crippen LogP contribution < -0.4 is 16.0 Å². The van der Waals surface area contributed by atoms with Crippen LogP contribution in [0.2, 0.25) is 5.02 Å². The highest BCUT2D eigenvalue weighted by Gasteiger charge is 2.08. The number of benzene rings is 2. The molecule has 0 saturated carbocycles. The lowest BCUT2D eigenvalue weighted by Crippen LogP contribution is -2.41. The molecule has 7 nitrogen and oxygen atoms in total. The van der Waals surface area contributed by atoms with Crippen LogP contribution in [-0.2, 0) is 6.42 Å². The van der Waals surface area contributed by atoms with E-state index < -0.39 is 0 Å². The fraction of sp³-hybridized carbons (Fsp3) is 0.261. The minimum Gasteiger partial charge on any atom is -0.357 e. The van der Waals surface area contributed by atoms with E-state index in [1.807, 2.05) is 23.9 Å². The molecule has 2 aromatic carbocycles. The third-order valence-electron chi connectivity index (χ3n) is 4.54. The number of amides is 1. The van der Waals surface area contributed by atoms with Crippen molar-refractivity contribution in [2.45, 2.75) is 13.3 Å². The molecule has 0 aliphatic carbocycles. The van der Waals surface area contributed by atoms with E-state index in [9.17, 15) is 4.79 Å². The molecule has 3 rings (SSSR count). The van der Waals surface area contributed by atoms with E-state index in [4.69, 9.17) is 11.6 Å². The molecule has 162 valence electrons. The molecule has 0 radical (unpaired) electrons. The Morgan fingerprint density at radius 3 is 2.52 bits per heavy atom. The van der Waals surface area contributed by atoms with Gasteiger partial charge >= 0.3 is 0 Å². The number of hydrogen-bond acceptors (Lipinski definition) is 3. The van der Waals surface area contributed by atoms with Crippen molar-refractivity contribution in [3.63, 3.8) is 0 Å². The molecule has 0 aliphatic rings. The average molecular weight is 439 g/mol. The Balaban J connectivity index is 1.43. The highest BCUT2D eigenvalue weighted by Crippen LogP contribution is 2.14. The van der Waals surface area contributed by atoms with Gasteiger partial charge in [-0.1, -0.05) is 35.9 Å². The quantitative estimate of drug-likeness (QED) is 0.272. The van der Waals surface area contributed by atoms with Crippen LogP contribution >= 0.6 is 11.6 Å². The van der Waals surface area contributed by atoms with Gasteiger partial charge in [0.25, 0.3) is 5.91 Å². The number of halogens is 1. The minimum atomic E-state index is -0.187. The van der Waals surface area contributed by atoms with Gasteiger partial charge in [0, 0.05) is 38.6 Å². The smallest absolute Gasteiger partial charge is 0.252 e. The van der Waals surface area contributed by atoms with Crippen LogP contribution in [0.1, 0.15) is 22.8 Å². The summed E-state index contributed by atoms with van der Waals surface area (Å²) in [6.07, 6.45) is 4.52. The summed E-state index contributed by atoms with van der Waals surface area (Å²) in [6.45, 7) is 4.45. The first kappa shape index (κ1) is 22.4. The predicted octanol–water partition coefficient (Wildman–Crippen LogP) is 3.05. The second-order valence-corrected chi connectivity index (χ2v) is 7.20. The number of aliphatic imine (C=N–C) groups is 1. The van der Waals surface area contributed by atoms with Gasteiger partial charge in [0.1, 0.15) is 0 Å². The molecular formula is C23H27ClN6O. The molecule has 0 saturated heterocycles. The van der Waals surface area contributed by atoms with Crippen LogP contribution in [0.5, 0.6) is 0 Å². The van der Waals surface area contributed by atoms with Gasteiger partial charge < -0.3 is 16.0 Å². The molecule has 0 atom stereocenters. The first-order chi connectivity index (χ1) is 15.2. The van der Waals surface area contributed by atoms with Gasteiger partial charge in [0.2, 0.25) is 0 Å². The molecule has 1 aromatic heterocycles. The zero-order valence-electron chi connectivity index (χ0n) is 17.5. The van der Waals surface area contributed by atoms with Crippen molar-refractivity contribution >= 4 is 23.5 Å². The predicted molar refractivity (Wildman–Crippen MR) is 125 cm³/mol. The molecule has 0 unspecified atom stereocenters. The van der Waals surface area contributed by atoms with Crippen LogP contribution in [0, 0.1) is 0 Å². The van der Waals surface area contributed by atoms with Crippen LogP contribution in [0.3, 0.4) is 0 Å². The normalized spacial score (nSPS) is 11.2. The number of guanidine groups is 1. The molecule has 8 heteroatoms. The van der Waals surface area contributed by atoms with Crippen LogP contribution in [0.4, 0.5) is 0 Å². The van der Waals surface area contributed by atoms with E-state index in [-0.39, 0.29) is 5.91 Å². The Hall–Kier alpha value is -3.32. The van der Waals surface area contributed by atoms with E-state index in [0.717, 1.165) is 24.6 Å². The molecule has 1 amide bonds. The van der Waals surface area contributed by atoms with Crippen LogP contribution in [-0.4, -0.2) is 47.8 Å². The number of rotatable bonds is 9. The Morgan fingerprint density at radius 2 is 1.81 bits per heavy atom. The van der Waals surface area contributed by atoms with E-state index >= 15 is 0 Å². The van der Waals surface area contributed by atoms with Crippen LogP contribution in [0.25, 0.3) is 5.69 Å². The van der Waals surface area contributed by atoms with Crippen molar-refractivity contribution in [1.29, 1.82) is 0 Å². The third-order valence-corrected chi connectivity index (χ3v) is 4.87. The monoisotopic (exact) mass is 438 g/mol.